The van der Waals surface area contributed by atoms with Crippen LogP contribution in [0.1, 0.15) is 31.2 Å². The van der Waals surface area contributed by atoms with Crippen LogP contribution in [0.2, 0.25) is 0 Å². The van der Waals surface area contributed by atoms with Gasteiger partial charge in [0.2, 0.25) is 0 Å². The fourth-order valence-corrected chi connectivity index (χ4v) is 3.34. The van der Waals surface area contributed by atoms with Gasteiger partial charge < -0.3 is 5.11 Å². The molecule has 1 aliphatic carbocycles. The maximum Gasteiger partial charge on any atom is 0.307 e. The minimum atomic E-state index is -0.695. The number of nitrogens with one attached hydrogen (secondary N) is 1. The molecule has 4 nitrogen and oxygen atoms in total. The third-order valence-corrected chi connectivity index (χ3v) is 4.60. The number of carbonyl (C=O) groups is 1. The molecule has 2 unspecified atom stereocenters. The normalized spacial score (nSPS) is 21.5. The number of allylic oxidation sites excluding steroid dienone is 1. The van der Waals surface area contributed by atoms with Crippen molar-refractivity contribution >= 4 is 11.5 Å². The molecule has 3 rings (SSSR count). The lowest BCUT2D eigenvalue weighted by Crippen LogP contribution is -2.27. The van der Waals surface area contributed by atoms with Gasteiger partial charge in [0.05, 0.1) is 11.6 Å². The summed E-state index contributed by atoms with van der Waals surface area (Å²) in [5.74, 6) is -0.947. The number of benzene rings is 1. The van der Waals surface area contributed by atoms with Gasteiger partial charge in [0.15, 0.2) is 0 Å². The summed E-state index contributed by atoms with van der Waals surface area (Å²) in [5, 5.41) is 16.3. The van der Waals surface area contributed by atoms with E-state index < -0.39 is 5.97 Å². The summed E-state index contributed by atoms with van der Waals surface area (Å²) in [6, 6.07) is 10.0. The third kappa shape index (κ3) is 2.82. The second-order valence-electron chi connectivity index (χ2n) is 5.91. The van der Waals surface area contributed by atoms with Crippen LogP contribution in [0.25, 0.3) is 16.8 Å². The first-order valence-corrected chi connectivity index (χ1v) is 7.68. The maximum absolute atomic E-state index is 11.5. The first kappa shape index (κ1) is 14.6. The van der Waals surface area contributed by atoms with Crippen LogP contribution in [0.5, 0.6) is 0 Å². The highest BCUT2D eigenvalue weighted by Gasteiger charge is 2.32. The predicted octanol–water partition coefficient (Wildman–Crippen LogP) is 3.98. The molecule has 0 saturated heterocycles. The molecule has 1 heterocycles. The largest absolute Gasteiger partial charge is 0.481 e. The molecule has 0 aliphatic heterocycles. The Morgan fingerprint density at radius 1 is 1.14 bits per heavy atom. The molecule has 1 saturated carbocycles. The number of aromatic nitrogens is 2. The van der Waals surface area contributed by atoms with Gasteiger partial charge in [0.25, 0.3) is 0 Å². The van der Waals surface area contributed by atoms with Crippen molar-refractivity contribution in [3.05, 3.63) is 48.7 Å². The molecule has 0 radical (unpaired) electrons. The lowest BCUT2D eigenvalue weighted by molar-refractivity contribution is -0.143. The van der Waals surface area contributed by atoms with Crippen molar-refractivity contribution in [1.29, 1.82) is 0 Å². The number of rotatable bonds is 4. The topological polar surface area (TPSA) is 66.0 Å². The van der Waals surface area contributed by atoms with Gasteiger partial charge in [-0.1, -0.05) is 43.7 Å². The quantitative estimate of drug-likeness (QED) is 0.896. The van der Waals surface area contributed by atoms with E-state index in [1.54, 1.807) is 6.20 Å². The highest BCUT2D eigenvalue weighted by Crippen LogP contribution is 2.39. The summed E-state index contributed by atoms with van der Waals surface area (Å²) >= 11 is 0. The molecule has 0 spiro atoms. The molecule has 4 heteroatoms. The lowest BCUT2D eigenvalue weighted by Gasteiger charge is -2.30. The Balaban J connectivity index is 1.81. The summed E-state index contributed by atoms with van der Waals surface area (Å²) in [6.07, 6.45) is 5.48. The number of carboxylic acid groups (broad SMARTS) is 1. The van der Waals surface area contributed by atoms with Crippen molar-refractivity contribution in [2.75, 3.05) is 0 Å². The molecule has 1 aromatic heterocycles. The lowest BCUT2D eigenvalue weighted by atomic mass is 9.74. The molecule has 2 aromatic rings. The van der Waals surface area contributed by atoms with Crippen LogP contribution in [-0.4, -0.2) is 21.3 Å². The highest BCUT2D eigenvalue weighted by molar-refractivity contribution is 5.77. The Hall–Kier alpha value is -2.36. The van der Waals surface area contributed by atoms with Gasteiger partial charge in [-0.3, -0.25) is 9.89 Å². The molecule has 114 valence electrons. The molecule has 0 bridgehead atoms. The van der Waals surface area contributed by atoms with Gasteiger partial charge in [-0.25, -0.2) is 0 Å². The molecular formula is C18H20N2O2. The SMILES string of the molecule is C=C(c1ccc(-c2ccn[nH]2)cc1)C1CCCCC1C(=O)O. The average molecular weight is 296 g/mol. The van der Waals surface area contributed by atoms with Crippen LogP contribution in [0.15, 0.2) is 43.1 Å². The van der Waals surface area contributed by atoms with Crippen molar-refractivity contribution < 1.29 is 9.90 Å². The fourth-order valence-electron chi connectivity index (χ4n) is 3.34. The smallest absolute Gasteiger partial charge is 0.307 e. The van der Waals surface area contributed by atoms with Crippen molar-refractivity contribution in [3.8, 4) is 11.3 Å². The number of aromatic amines is 1. The van der Waals surface area contributed by atoms with E-state index in [2.05, 4.69) is 16.8 Å². The number of hydrogen-bond acceptors (Lipinski definition) is 2. The van der Waals surface area contributed by atoms with Crippen LogP contribution >= 0.6 is 0 Å². The average Bonchev–Trinajstić information content (AvgIpc) is 3.09. The Morgan fingerprint density at radius 3 is 2.41 bits per heavy atom. The van der Waals surface area contributed by atoms with Crippen molar-refractivity contribution in [1.82, 2.24) is 10.2 Å². The first-order valence-electron chi connectivity index (χ1n) is 7.68. The van der Waals surface area contributed by atoms with E-state index in [0.29, 0.717) is 0 Å². The fraction of sp³-hybridized carbons (Fsp3) is 0.333. The van der Waals surface area contributed by atoms with Gasteiger partial charge in [0, 0.05) is 6.20 Å². The van der Waals surface area contributed by atoms with Crippen LogP contribution in [0, 0.1) is 11.8 Å². The Bertz CT molecular complexity index is 659. The zero-order chi connectivity index (χ0) is 15.5. The van der Waals surface area contributed by atoms with Gasteiger partial charge in [-0.05, 0) is 41.5 Å². The van der Waals surface area contributed by atoms with E-state index in [0.717, 1.165) is 48.1 Å². The predicted molar refractivity (Wildman–Crippen MR) is 86.1 cm³/mol. The number of carboxylic acids is 1. The van der Waals surface area contributed by atoms with E-state index in [4.69, 9.17) is 0 Å². The summed E-state index contributed by atoms with van der Waals surface area (Å²) in [5.41, 5.74) is 4.01. The second kappa shape index (κ2) is 6.18. The maximum atomic E-state index is 11.5. The molecule has 1 aromatic carbocycles. The summed E-state index contributed by atoms with van der Waals surface area (Å²) in [4.78, 5) is 11.5. The molecule has 1 aliphatic rings. The van der Waals surface area contributed by atoms with Crippen molar-refractivity contribution in [2.24, 2.45) is 11.8 Å². The van der Waals surface area contributed by atoms with E-state index in [1.807, 2.05) is 30.3 Å². The third-order valence-electron chi connectivity index (χ3n) is 4.60. The summed E-state index contributed by atoms with van der Waals surface area (Å²) < 4.78 is 0. The Labute approximate surface area is 129 Å². The highest BCUT2D eigenvalue weighted by atomic mass is 16.4. The summed E-state index contributed by atoms with van der Waals surface area (Å²) in [7, 11) is 0. The molecule has 2 N–H and O–H groups in total. The van der Waals surface area contributed by atoms with E-state index in [9.17, 15) is 9.90 Å². The Kier molecular flexibility index (Phi) is 4.09. The number of hydrogen-bond donors (Lipinski definition) is 2. The monoisotopic (exact) mass is 296 g/mol. The van der Waals surface area contributed by atoms with E-state index >= 15 is 0 Å². The van der Waals surface area contributed by atoms with Crippen LogP contribution in [0.3, 0.4) is 0 Å². The summed E-state index contributed by atoms with van der Waals surface area (Å²) in [6.45, 7) is 4.19. The standard InChI is InChI=1S/C18H20N2O2/c1-12(15-4-2-3-5-16(15)18(21)22)13-6-8-14(9-7-13)17-10-11-19-20-17/h6-11,15-16H,1-5H2,(H,19,20)(H,21,22). The number of H-pyrrole nitrogens is 1. The van der Waals surface area contributed by atoms with Gasteiger partial charge >= 0.3 is 5.97 Å². The second-order valence-corrected chi connectivity index (χ2v) is 5.91. The number of aliphatic carboxylic acids is 1. The van der Waals surface area contributed by atoms with Crippen molar-refractivity contribution in [2.45, 2.75) is 25.7 Å². The van der Waals surface area contributed by atoms with Crippen LogP contribution in [0.4, 0.5) is 0 Å². The van der Waals surface area contributed by atoms with Crippen LogP contribution < -0.4 is 0 Å². The van der Waals surface area contributed by atoms with E-state index in [1.165, 1.54) is 0 Å². The zero-order valence-corrected chi connectivity index (χ0v) is 12.5. The van der Waals surface area contributed by atoms with Gasteiger partial charge in [-0.2, -0.15) is 5.10 Å². The molecule has 1 fully saturated rings. The van der Waals surface area contributed by atoms with E-state index in [-0.39, 0.29) is 11.8 Å². The minimum absolute atomic E-state index is 0.0456. The van der Waals surface area contributed by atoms with Gasteiger partial charge in [-0.15, -0.1) is 0 Å². The molecule has 22 heavy (non-hydrogen) atoms. The van der Waals surface area contributed by atoms with Gasteiger partial charge in [0.1, 0.15) is 0 Å². The molecular weight excluding hydrogens is 276 g/mol. The number of nitrogens with zero attached hydrogens (tertiary/aromatic N) is 1. The van der Waals surface area contributed by atoms with Crippen molar-refractivity contribution in [3.63, 3.8) is 0 Å². The molecule has 2 atom stereocenters. The Morgan fingerprint density at radius 2 is 1.82 bits per heavy atom. The van der Waals surface area contributed by atoms with Crippen LogP contribution in [-0.2, 0) is 4.79 Å². The first-order chi connectivity index (χ1) is 10.7. The zero-order valence-electron chi connectivity index (χ0n) is 12.5. The molecule has 0 amide bonds. The minimum Gasteiger partial charge on any atom is -0.481 e.